The third kappa shape index (κ3) is 2.41. The molecule has 0 fully saturated rings. The van der Waals surface area contributed by atoms with Crippen LogP contribution in [-0.2, 0) is 0 Å². The van der Waals surface area contributed by atoms with Gasteiger partial charge in [0.15, 0.2) is 0 Å². The molecule has 0 aliphatic rings. The first-order valence-corrected chi connectivity index (χ1v) is 7.38. The molecule has 1 atom stereocenters. The van der Waals surface area contributed by atoms with Gasteiger partial charge in [0.2, 0.25) is 0 Å². The van der Waals surface area contributed by atoms with Gasteiger partial charge in [0.05, 0.1) is 22.1 Å². The lowest BCUT2D eigenvalue weighted by Gasteiger charge is -2.13. The SMILES string of the molecule is Cc1c(F)cccc1-n1c(C(C)Cl)nc2cc(Cl)ccc21. The number of rotatable bonds is 2. The number of hydrogen-bond acceptors (Lipinski definition) is 1. The number of nitrogens with zero attached hydrogens (tertiary/aromatic N) is 2. The highest BCUT2D eigenvalue weighted by Crippen LogP contribution is 2.31. The topological polar surface area (TPSA) is 17.8 Å². The largest absolute Gasteiger partial charge is 0.295 e. The van der Waals surface area contributed by atoms with E-state index in [0.717, 1.165) is 16.7 Å². The van der Waals surface area contributed by atoms with Gasteiger partial charge in [-0.3, -0.25) is 4.57 Å². The fourth-order valence-corrected chi connectivity index (χ4v) is 2.74. The van der Waals surface area contributed by atoms with Crippen LogP contribution in [0.5, 0.6) is 0 Å². The zero-order chi connectivity index (χ0) is 15.1. The third-order valence-corrected chi connectivity index (χ3v) is 3.91. The van der Waals surface area contributed by atoms with Gasteiger partial charge in [-0.2, -0.15) is 0 Å². The number of imidazole rings is 1. The van der Waals surface area contributed by atoms with Crippen LogP contribution in [0.2, 0.25) is 5.02 Å². The zero-order valence-corrected chi connectivity index (χ0v) is 13.1. The fourth-order valence-electron chi connectivity index (χ4n) is 2.43. The number of hydrogen-bond donors (Lipinski definition) is 0. The zero-order valence-electron chi connectivity index (χ0n) is 11.6. The third-order valence-electron chi connectivity index (χ3n) is 3.48. The van der Waals surface area contributed by atoms with Gasteiger partial charge in [0, 0.05) is 10.6 Å². The minimum atomic E-state index is -0.307. The number of halogens is 3. The van der Waals surface area contributed by atoms with Crippen LogP contribution in [0.1, 0.15) is 23.7 Å². The van der Waals surface area contributed by atoms with E-state index in [1.54, 1.807) is 25.1 Å². The number of aromatic nitrogens is 2. The summed E-state index contributed by atoms with van der Waals surface area (Å²) >= 11 is 12.3. The summed E-state index contributed by atoms with van der Waals surface area (Å²) in [5.74, 6) is 0.416. The summed E-state index contributed by atoms with van der Waals surface area (Å²) < 4.78 is 15.8. The first-order valence-electron chi connectivity index (χ1n) is 6.56. The van der Waals surface area contributed by atoms with E-state index in [-0.39, 0.29) is 11.2 Å². The molecular weight excluding hydrogens is 310 g/mol. The molecule has 1 aromatic heterocycles. The van der Waals surface area contributed by atoms with Crippen molar-refractivity contribution < 1.29 is 4.39 Å². The van der Waals surface area contributed by atoms with E-state index in [0.29, 0.717) is 16.4 Å². The minimum Gasteiger partial charge on any atom is -0.295 e. The van der Waals surface area contributed by atoms with Crippen LogP contribution in [0.25, 0.3) is 16.7 Å². The Hall–Kier alpha value is -1.58. The van der Waals surface area contributed by atoms with E-state index in [2.05, 4.69) is 4.98 Å². The Morgan fingerprint density at radius 2 is 2.00 bits per heavy atom. The summed E-state index contributed by atoms with van der Waals surface area (Å²) in [4.78, 5) is 4.54. The molecule has 0 radical (unpaired) electrons. The fraction of sp³-hybridized carbons (Fsp3) is 0.188. The maximum absolute atomic E-state index is 13.9. The Bertz CT molecular complexity index is 825. The highest BCUT2D eigenvalue weighted by atomic mass is 35.5. The number of fused-ring (bicyclic) bond motifs is 1. The van der Waals surface area contributed by atoms with Gasteiger partial charge in [0.1, 0.15) is 11.6 Å². The van der Waals surface area contributed by atoms with Crippen molar-refractivity contribution in [2.45, 2.75) is 19.2 Å². The Labute approximate surface area is 132 Å². The van der Waals surface area contributed by atoms with E-state index < -0.39 is 0 Å². The second-order valence-corrected chi connectivity index (χ2v) is 6.03. The van der Waals surface area contributed by atoms with Crippen molar-refractivity contribution in [3.05, 3.63) is 58.6 Å². The molecule has 0 aliphatic heterocycles. The Kier molecular flexibility index (Phi) is 3.64. The monoisotopic (exact) mass is 322 g/mol. The number of alkyl halides is 1. The molecule has 0 saturated carbocycles. The average Bonchev–Trinajstić information content (AvgIpc) is 2.80. The highest BCUT2D eigenvalue weighted by molar-refractivity contribution is 6.31. The second-order valence-electron chi connectivity index (χ2n) is 4.94. The second kappa shape index (κ2) is 5.32. The van der Waals surface area contributed by atoms with Crippen molar-refractivity contribution in [3.8, 4) is 5.69 Å². The lowest BCUT2D eigenvalue weighted by Crippen LogP contribution is -2.04. The maximum atomic E-state index is 13.9. The van der Waals surface area contributed by atoms with E-state index in [4.69, 9.17) is 23.2 Å². The predicted octanol–water partition coefficient (Wildman–Crippen LogP) is 5.43. The molecule has 0 saturated heterocycles. The van der Waals surface area contributed by atoms with Crippen LogP contribution in [0.4, 0.5) is 4.39 Å². The summed E-state index contributed by atoms with van der Waals surface area (Å²) in [5.41, 5.74) is 2.90. The van der Waals surface area contributed by atoms with E-state index in [9.17, 15) is 4.39 Å². The van der Waals surface area contributed by atoms with Crippen LogP contribution in [0.3, 0.4) is 0 Å². The lowest BCUT2D eigenvalue weighted by molar-refractivity contribution is 0.616. The number of benzene rings is 2. The van der Waals surface area contributed by atoms with E-state index in [1.807, 2.05) is 23.6 Å². The Morgan fingerprint density at radius 3 is 2.71 bits per heavy atom. The van der Waals surface area contributed by atoms with E-state index >= 15 is 0 Å². The molecule has 108 valence electrons. The van der Waals surface area contributed by atoms with Crippen LogP contribution in [0.15, 0.2) is 36.4 Å². The van der Waals surface area contributed by atoms with Crippen molar-refractivity contribution in [2.24, 2.45) is 0 Å². The van der Waals surface area contributed by atoms with Gasteiger partial charge < -0.3 is 0 Å². The molecule has 3 aromatic rings. The molecule has 0 spiro atoms. The van der Waals surface area contributed by atoms with Gasteiger partial charge in [0.25, 0.3) is 0 Å². The van der Waals surface area contributed by atoms with Crippen LogP contribution in [-0.4, -0.2) is 9.55 Å². The van der Waals surface area contributed by atoms with Crippen molar-refractivity contribution in [3.63, 3.8) is 0 Å². The molecule has 0 amide bonds. The van der Waals surface area contributed by atoms with Crippen molar-refractivity contribution in [1.82, 2.24) is 9.55 Å². The first-order chi connectivity index (χ1) is 9.99. The molecule has 1 heterocycles. The molecule has 5 heteroatoms. The molecule has 21 heavy (non-hydrogen) atoms. The predicted molar refractivity (Wildman–Crippen MR) is 85.0 cm³/mol. The summed E-state index contributed by atoms with van der Waals surface area (Å²) in [5, 5.41) is 0.302. The highest BCUT2D eigenvalue weighted by Gasteiger charge is 2.18. The van der Waals surface area contributed by atoms with Crippen molar-refractivity contribution in [1.29, 1.82) is 0 Å². The lowest BCUT2D eigenvalue weighted by atomic mass is 10.1. The molecular formula is C16H13Cl2FN2. The summed E-state index contributed by atoms with van der Waals surface area (Å²) in [7, 11) is 0. The van der Waals surface area contributed by atoms with Crippen LogP contribution >= 0.6 is 23.2 Å². The van der Waals surface area contributed by atoms with Crippen LogP contribution < -0.4 is 0 Å². The summed E-state index contributed by atoms with van der Waals surface area (Å²) in [6, 6.07) is 10.4. The van der Waals surface area contributed by atoms with Gasteiger partial charge in [-0.1, -0.05) is 17.7 Å². The molecule has 0 bridgehead atoms. The summed E-state index contributed by atoms with van der Waals surface area (Å²) in [6.45, 7) is 3.59. The van der Waals surface area contributed by atoms with Gasteiger partial charge in [-0.15, -0.1) is 11.6 Å². The normalized spacial score (nSPS) is 12.8. The van der Waals surface area contributed by atoms with Gasteiger partial charge in [-0.25, -0.2) is 9.37 Å². The molecule has 1 unspecified atom stereocenters. The van der Waals surface area contributed by atoms with Gasteiger partial charge >= 0.3 is 0 Å². The molecule has 3 rings (SSSR count). The summed E-state index contributed by atoms with van der Waals surface area (Å²) in [6.07, 6.45) is 0. The van der Waals surface area contributed by atoms with Crippen molar-refractivity contribution in [2.75, 3.05) is 0 Å². The quantitative estimate of drug-likeness (QED) is 0.575. The average molecular weight is 323 g/mol. The standard InChI is InChI=1S/C16H13Cl2FN2/c1-9-12(19)4-3-5-14(9)21-15-7-6-11(18)8-13(15)20-16(21)10(2)17/h3-8,10H,1-2H3. The Balaban J connectivity index is 2.39. The molecule has 0 aliphatic carbocycles. The molecule has 2 nitrogen and oxygen atoms in total. The van der Waals surface area contributed by atoms with E-state index in [1.165, 1.54) is 6.07 Å². The Morgan fingerprint density at radius 1 is 1.24 bits per heavy atom. The molecule has 2 aromatic carbocycles. The molecule has 0 N–H and O–H groups in total. The maximum Gasteiger partial charge on any atom is 0.132 e. The van der Waals surface area contributed by atoms with Crippen LogP contribution in [0, 0.1) is 12.7 Å². The van der Waals surface area contributed by atoms with Gasteiger partial charge in [-0.05, 0) is 44.2 Å². The van der Waals surface area contributed by atoms with Crippen molar-refractivity contribution >= 4 is 34.2 Å². The minimum absolute atomic E-state index is 0.253. The first kappa shape index (κ1) is 14.4. The smallest absolute Gasteiger partial charge is 0.132 e.